The second-order valence-electron chi connectivity index (χ2n) is 12.9. The predicted molar refractivity (Wildman–Crippen MR) is 173 cm³/mol. The number of hydrogen-bond donors (Lipinski definition) is 0. The first kappa shape index (κ1) is 32.8. The first-order valence-corrected chi connectivity index (χ1v) is 16.7. The van der Waals surface area contributed by atoms with Gasteiger partial charge in [0.25, 0.3) is 0 Å². The molecule has 0 fully saturated rings. The molecule has 0 saturated heterocycles. The summed E-state index contributed by atoms with van der Waals surface area (Å²) in [5.74, 6) is 2.68. The number of hydrogen-bond acceptors (Lipinski definition) is 4. The van der Waals surface area contributed by atoms with Gasteiger partial charge in [0.15, 0.2) is 0 Å². The van der Waals surface area contributed by atoms with Crippen molar-refractivity contribution in [3.8, 4) is 17.2 Å². The first-order valence-electron chi connectivity index (χ1n) is 15.2. The zero-order valence-corrected chi connectivity index (χ0v) is 28.1. The number of phosphoric ester groups is 1. The molecule has 0 N–H and O–H groups in total. The molecule has 0 unspecified atom stereocenters. The molecule has 0 atom stereocenters. The van der Waals surface area contributed by atoms with Crippen LogP contribution in [0.2, 0.25) is 0 Å². The number of benzene rings is 3. The van der Waals surface area contributed by atoms with Crippen molar-refractivity contribution in [2.45, 2.75) is 119 Å². The minimum Gasteiger partial charge on any atom is -0.385 e. The van der Waals surface area contributed by atoms with Crippen molar-refractivity contribution in [1.82, 2.24) is 0 Å². The molecular formula is C36H51O4P. The monoisotopic (exact) mass is 578 g/mol. The lowest BCUT2D eigenvalue weighted by molar-refractivity contribution is 0.290. The van der Waals surface area contributed by atoms with Crippen LogP contribution in [0.1, 0.15) is 152 Å². The Labute approximate surface area is 249 Å². The van der Waals surface area contributed by atoms with Crippen molar-refractivity contribution >= 4 is 7.82 Å². The van der Waals surface area contributed by atoms with Crippen molar-refractivity contribution in [3.63, 3.8) is 0 Å². The molecule has 0 amide bonds. The third kappa shape index (κ3) is 7.58. The Balaban J connectivity index is 2.34. The molecular weight excluding hydrogens is 527 g/mol. The van der Waals surface area contributed by atoms with Crippen LogP contribution in [-0.4, -0.2) is 0 Å². The van der Waals surface area contributed by atoms with Crippen molar-refractivity contribution in [2.24, 2.45) is 0 Å². The van der Waals surface area contributed by atoms with E-state index in [0.29, 0.717) is 17.2 Å². The summed E-state index contributed by atoms with van der Waals surface area (Å²) >= 11 is 0. The van der Waals surface area contributed by atoms with Crippen LogP contribution >= 0.6 is 7.82 Å². The van der Waals surface area contributed by atoms with Gasteiger partial charge in [0, 0.05) is 0 Å². The SMILES string of the molecule is CC(C)c1cccc(C(C)C)c1OP(=O)(Oc1c(C(C)C)cccc1C(C)C)Oc1c(C(C)C)cccc1C(C)C. The maximum Gasteiger partial charge on any atom is 0.647 e. The normalized spacial score (nSPS) is 12.3. The van der Waals surface area contributed by atoms with Gasteiger partial charge in [-0.05, 0) is 68.9 Å². The number of para-hydroxylation sites is 3. The third-order valence-corrected chi connectivity index (χ3v) is 8.79. The minimum atomic E-state index is -4.28. The maximum absolute atomic E-state index is 15.3. The molecule has 0 radical (unpaired) electrons. The van der Waals surface area contributed by atoms with Crippen LogP contribution in [0.3, 0.4) is 0 Å². The topological polar surface area (TPSA) is 44.8 Å². The van der Waals surface area contributed by atoms with Crippen LogP contribution in [0.15, 0.2) is 54.6 Å². The molecule has 0 bridgehead atoms. The smallest absolute Gasteiger partial charge is 0.385 e. The summed E-state index contributed by atoms with van der Waals surface area (Å²) in [6, 6.07) is 18.4. The summed E-state index contributed by atoms with van der Waals surface area (Å²) in [5.41, 5.74) is 5.87. The molecule has 3 rings (SSSR count). The second-order valence-corrected chi connectivity index (χ2v) is 14.4. The highest BCUT2D eigenvalue weighted by Gasteiger charge is 2.39. The van der Waals surface area contributed by atoms with Crippen molar-refractivity contribution in [1.29, 1.82) is 0 Å². The quantitative estimate of drug-likeness (QED) is 0.201. The van der Waals surface area contributed by atoms with E-state index in [4.69, 9.17) is 13.6 Å². The molecule has 0 heterocycles. The summed E-state index contributed by atoms with van der Waals surface area (Å²) in [6.07, 6.45) is 0. The summed E-state index contributed by atoms with van der Waals surface area (Å²) in [5, 5.41) is 0. The molecule has 0 spiro atoms. The fourth-order valence-corrected chi connectivity index (χ4v) is 6.57. The van der Waals surface area contributed by atoms with Gasteiger partial charge in [-0.1, -0.05) is 138 Å². The van der Waals surface area contributed by atoms with Crippen LogP contribution in [0.25, 0.3) is 0 Å². The van der Waals surface area contributed by atoms with Crippen LogP contribution in [0, 0.1) is 0 Å². The van der Waals surface area contributed by atoms with Gasteiger partial charge in [-0.25, -0.2) is 0 Å². The van der Waals surface area contributed by atoms with Gasteiger partial charge < -0.3 is 13.6 Å². The zero-order valence-electron chi connectivity index (χ0n) is 27.2. The Morgan fingerprint density at radius 1 is 0.390 bits per heavy atom. The summed E-state index contributed by atoms with van der Waals surface area (Å²) in [4.78, 5) is 0. The lowest BCUT2D eigenvalue weighted by Crippen LogP contribution is -2.15. The van der Waals surface area contributed by atoms with Gasteiger partial charge in [-0.3, -0.25) is 0 Å². The largest absolute Gasteiger partial charge is 0.647 e. The molecule has 0 aromatic heterocycles. The van der Waals surface area contributed by atoms with Crippen LogP contribution in [0.4, 0.5) is 0 Å². The van der Waals surface area contributed by atoms with E-state index >= 15 is 4.57 Å². The highest BCUT2D eigenvalue weighted by atomic mass is 31.2. The van der Waals surface area contributed by atoms with E-state index in [0.717, 1.165) is 33.4 Å². The van der Waals surface area contributed by atoms with Crippen LogP contribution in [0.5, 0.6) is 17.2 Å². The molecule has 5 heteroatoms. The Morgan fingerprint density at radius 3 is 0.707 bits per heavy atom. The fraction of sp³-hybridized carbons (Fsp3) is 0.500. The Bertz CT molecular complexity index is 1120. The van der Waals surface area contributed by atoms with Gasteiger partial charge in [0.2, 0.25) is 0 Å². The summed E-state index contributed by atoms with van der Waals surface area (Å²) in [7, 11) is -4.28. The third-order valence-electron chi connectivity index (χ3n) is 7.57. The number of rotatable bonds is 12. The van der Waals surface area contributed by atoms with Gasteiger partial charge in [-0.2, -0.15) is 4.57 Å². The van der Waals surface area contributed by atoms with E-state index in [-0.39, 0.29) is 35.5 Å². The van der Waals surface area contributed by atoms with Crippen molar-refractivity contribution < 1.29 is 18.1 Å². The molecule has 3 aromatic rings. The van der Waals surface area contributed by atoms with Gasteiger partial charge in [0.1, 0.15) is 17.2 Å². The van der Waals surface area contributed by atoms with E-state index in [1.54, 1.807) is 0 Å². The Kier molecular flexibility index (Phi) is 10.8. The molecule has 4 nitrogen and oxygen atoms in total. The van der Waals surface area contributed by atoms with Crippen molar-refractivity contribution in [2.75, 3.05) is 0 Å². The van der Waals surface area contributed by atoms with Crippen molar-refractivity contribution in [3.05, 3.63) is 88.0 Å². The zero-order chi connectivity index (χ0) is 30.6. The molecule has 0 saturated carbocycles. The molecule has 41 heavy (non-hydrogen) atoms. The van der Waals surface area contributed by atoms with Gasteiger partial charge in [-0.15, -0.1) is 0 Å². The number of phosphoric acid groups is 1. The molecule has 0 aliphatic carbocycles. The fourth-order valence-electron chi connectivity index (χ4n) is 5.16. The van der Waals surface area contributed by atoms with E-state index in [9.17, 15) is 0 Å². The first-order chi connectivity index (χ1) is 19.2. The van der Waals surface area contributed by atoms with E-state index in [2.05, 4.69) is 83.1 Å². The minimum absolute atomic E-state index is 0.153. The van der Waals surface area contributed by atoms with Gasteiger partial charge in [0.05, 0.1) is 0 Å². The average Bonchev–Trinajstić information content (AvgIpc) is 2.87. The highest BCUT2D eigenvalue weighted by Crippen LogP contribution is 2.56. The molecule has 0 aliphatic rings. The van der Waals surface area contributed by atoms with E-state index in [1.807, 2.05) is 54.6 Å². The van der Waals surface area contributed by atoms with E-state index in [1.165, 1.54) is 0 Å². The lowest BCUT2D eigenvalue weighted by Gasteiger charge is -2.29. The molecule has 3 aromatic carbocycles. The molecule has 0 aliphatic heterocycles. The van der Waals surface area contributed by atoms with E-state index < -0.39 is 7.82 Å². The van der Waals surface area contributed by atoms with Crippen LogP contribution < -0.4 is 13.6 Å². The summed E-state index contributed by atoms with van der Waals surface area (Å²) < 4.78 is 35.2. The highest BCUT2D eigenvalue weighted by molar-refractivity contribution is 7.49. The Hall–Kier alpha value is -2.71. The lowest BCUT2D eigenvalue weighted by atomic mass is 9.94. The standard InChI is InChI=1S/C36H51O4P/c1-22(2)28-16-13-17-29(23(3)4)34(28)38-41(37,39-35-30(24(5)6)18-14-19-31(35)25(7)8)40-36-32(26(9)10)20-15-21-33(36)27(11)12/h13-27H,1-12H3. The van der Waals surface area contributed by atoms with Crippen LogP contribution in [-0.2, 0) is 4.57 Å². The molecule has 224 valence electrons. The Morgan fingerprint density at radius 2 is 0.561 bits per heavy atom. The average molecular weight is 579 g/mol. The predicted octanol–water partition coefficient (Wildman–Crippen LogP) is 12.1. The summed E-state index contributed by atoms with van der Waals surface area (Å²) in [6.45, 7) is 25.4. The second kappa shape index (κ2) is 13.5. The maximum atomic E-state index is 15.3. The van der Waals surface area contributed by atoms with Gasteiger partial charge >= 0.3 is 7.82 Å².